The van der Waals surface area contributed by atoms with Crippen LogP contribution in [-0.4, -0.2) is 54.9 Å². The number of para-hydroxylation sites is 1. The molecule has 1 aliphatic heterocycles. The summed E-state index contributed by atoms with van der Waals surface area (Å²) in [6.45, 7) is 1.36. The molecule has 0 radical (unpaired) electrons. The van der Waals surface area contributed by atoms with E-state index in [1.54, 1.807) is 4.90 Å². The van der Waals surface area contributed by atoms with E-state index in [0.717, 1.165) is 5.56 Å². The van der Waals surface area contributed by atoms with Crippen molar-refractivity contribution in [3.63, 3.8) is 0 Å². The standard InChI is InChI=1S/C17H22N4O4S/c18-16-4-2-1-3-14(16)5-6-17(22)20-8-10-21(11-9-20)26(23,24)13-15-7-12-25-19-15/h1-4,7,12H,5-6,8-11,13,18H2. The number of nitrogens with two attached hydrogens (primary N) is 1. The van der Waals surface area contributed by atoms with Crippen molar-refractivity contribution in [2.45, 2.75) is 18.6 Å². The highest BCUT2D eigenvalue weighted by Crippen LogP contribution is 2.16. The Morgan fingerprint density at radius 2 is 1.88 bits per heavy atom. The molecule has 0 saturated carbocycles. The summed E-state index contributed by atoms with van der Waals surface area (Å²) in [7, 11) is -3.46. The summed E-state index contributed by atoms with van der Waals surface area (Å²) in [5, 5.41) is 3.64. The third-order valence-corrected chi connectivity index (χ3v) is 6.28. The summed E-state index contributed by atoms with van der Waals surface area (Å²) in [6, 6.07) is 9.02. The zero-order valence-electron chi connectivity index (χ0n) is 14.4. The molecule has 2 heterocycles. The molecule has 0 unspecified atom stereocenters. The van der Waals surface area contributed by atoms with Crippen LogP contribution >= 0.6 is 0 Å². The van der Waals surface area contributed by atoms with E-state index in [-0.39, 0.29) is 11.7 Å². The summed E-state index contributed by atoms with van der Waals surface area (Å²) in [4.78, 5) is 14.1. The zero-order chi connectivity index (χ0) is 18.6. The molecule has 1 aromatic carbocycles. The van der Waals surface area contributed by atoms with Crippen molar-refractivity contribution in [1.29, 1.82) is 0 Å². The normalized spacial score (nSPS) is 15.9. The Hall–Kier alpha value is -2.39. The van der Waals surface area contributed by atoms with Crippen LogP contribution in [0, 0.1) is 0 Å². The highest BCUT2D eigenvalue weighted by atomic mass is 32.2. The first-order chi connectivity index (χ1) is 12.5. The Morgan fingerprint density at radius 3 is 2.54 bits per heavy atom. The second-order valence-corrected chi connectivity index (χ2v) is 8.19. The highest BCUT2D eigenvalue weighted by molar-refractivity contribution is 7.88. The van der Waals surface area contributed by atoms with Crippen molar-refractivity contribution in [2.75, 3.05) is 31.9 Å². The minimum absolute atomic E-state index is 0.0156. The average molecular weight is 378 g/mol. The maximum atomic E-state index is 12.4. The Bertz CT molecular complexity index is 843. The van der Waals surface area contributed by atoms with Crippen molar-refractivity contribution in [2.24, 2.45) is 0 Å². The Labute approximate surface area is 152 Å². The summed E-state index contributed by atoms with van der Waals surface area (Å²) in [5.41, 5.74) is 7.91. The smallest absolute Gasteiger partial charge is 0.222 e. The van der Waals surface area contributed by atoms with E-state index in [1.807, 2.05) is 24.3 Å². The number of carbonyl (C=O) groups is 1. The van der Waals surface area contributed by atoms with E-state index in [4.69, 9.17) is 5.73 Å². The molecule has 3 rings (SSSR count). The number of nitrogens with zero attached hydrogens (tertiary/aromatic N) is 3. The van der Waals surface area contributed by atoms with Crippen LogP contribution in [0.1, 0.15) is 17.7 Å². The summed E-state index contributed by atoms with van der Waals surface area (Å²) < 4.78 is 30.9. The maximum Gasteiger partial charge on any atom is 0.222 e. The average Bonchev–Trinajstić information content (AvgIpc) is 3.13. The summed E-state index contributed by atoms with van der Waals surface area (Å²) in [6.07, 6.45) is 2.29. The van der Waals surface area contributed by atoms with Gasteiger partial charge in [-0.2, -0.15) is 4.31 Å². The van der Waals surface area contributed by atoms with Gasteiger partial charge >= 0.3 is 0 Å². The first kappa shape index (κ1) is 18.4. The topological polar surface area (TPSA) is 110 Å². The van der Waals surface area contributed by atoms with Crippen LogP contribution in [0.3, 0.4) is 0 Å². The molecule has 1 fully saturated rings. The van der Waals surface area contributed by atoms with E-state index >= 15 is 0 Å². The number of anilines is 1. The minimum atomic E-state index is -3.46. The number of aryl methyl sites for hydroxylation is 1. The van der Waals surface area contributed by atoms with Gasteiger partial charge in [-0.05, 0) is 18.1 Å². The predicted octanol–water partition coefficient (Wildman–Crippen LogP) is 0.864. The lowest BCUT2D eigenvalue weighted by Gasteiger charge is -2.34. The molecule has 2 N–H and O–H groups in total. The maximum absolute atomic E-state index is 12.4. The number of amides is 1. The van der Waals surface area contributed by atoms with Crippen LogP contribution in [0.5, 0.6) is 0 Å². The number of rotatable bonds is 6. The Kier molecular flexibility index (Phi) is 5.58. The largest absolute Gasteiger partial charge is 0.399 e. The molecule has 140 valence electrons. The molecule has 1 aromatic heterocycles. The Balaban J connectivity index is 1.50. The van der Waals surface area contributed by atoms with Crippen LogP contribution in [-0.2, 0) is 27.0 Å². The quantitative estimate of drug-likeness (QED) is 0.747. The molecule has 0 spiro atoms. The number of benzene rings is 1. The fourth-order valence-electron chi connectivity index (χ4n) is 2.97. The molecule has 1 saturated heterocycles. The van der Waals surface area contributed by atoms with E-state index in [2.05, 4.69) is 9.68 Å². The number of carbonyl (C=O) groups excluding carboxylic acids is 1. The molecule has 2 aromatic rings. The lowest BCUT2D eigenvalue weighted by atomic mass is 10.1. The van der Waals surface area contributed by atoms with Gasteiger partial charge in [-0.15, -0.1) is 0 Å². The van der Waals surface area contributed by atoms with Gasteiger partial charge in [0.2, 0.25) is 15.9 Å². The number of nitrogen functional groups attached to an aromatic ring is 1. The number of hydrogen-bond donors (Lipinski definition) is 1. The van der Waals surface area contributed by atoms with Gasteiger partial charge in [0.25, 0.3) is 0 Å². The fourth-order valence-corrected chi connectivity index (χ4v) is 4.39. The molecule has 9 heteroatoms. The predicted molar refractivity (Wildman–Crippen MR) is 96.5 cm³/mol. The van der Waals surface area contributed by atoms with Gasteiger partial charge in [-0.25, -0.2) is 8.42 Å². The fraction of sp³-hybridized carbons (Fsp3) is 0.412. The molecule has 8 nitrogen and oxygen atoms in total. The molecule has 26 heavy (non-hydrogen) atoms. The third kappa shape index (κ3) is 4.41. The molecule has 0 bridgehead atoms. The van der Waals surface area contributed by atoms with Crippen molar-refractivity contribution in [1.82, 2.24) is 14.4 Å². The number of aromatic nitrogens is 1. The van der Waals surface area contributed by atoms with Crippen LogP contribution in [0.2, 0.25) is 0 Å². The van der Waals surface area contributed by atoms with Crippen molar-refractivity contribution >= 4 is 21.6 Å². The van der Waals surface area contributed by atoms with E-state index in [0.29, 0.717) is 50.4 Å². The minimum Gasteiger partial charge on any atom is -0.399 e. The van der Waals surface area contributed by atoms with Gasteiger partial charge in [0, 0.05) is 44.4 Å². The van der Waals surface area contributed by atoms with Crippen LogP contribution in [0.4, 0.5) is 5.69 Å². The van der Waals surface area contributed by atoms with Crippen molar-refractivity contribution in [3.8, 4) is 0 Å². The Morgan fingerprint density at radius 1 is 1.15 bits per heavy atom. The molecule has 0 atom stereocenters. The monoisotopic (exact) mass is 378 g/mol. The molecular weight excluding hydrogens is 356 g/mol. The number of piperazine rings is 1. The van der Waals surface area contributed by atoms with Crippen LogP contribution in [0.15, 0.2) is 41.1 Å². The second-order valence-electron chi connectivity index (χ2n) is 6.23. The first-order valence-electron chi connectivity index (χ1n) is 8.44. The van der Waals surface area contributed by atoms with Crippen LogP contribution in [0.25, 0.3) is 0 Å². The number of sulfonamides is 1. The molecule has 1 aliphatic rings. The molecule has 1 amide bonds. The van der Waals surface area contributed by atoms with Gasteiger partial charge < -0.3 is 15.2 Å². The van der Waals surface area contributed by atoms with E-state index in [9.17, 15) is 13.2 Å². The molecule has 0 aliphatic carbocycles. The van der Waals surface area contributed by atoms with E-state index < -0.39 is 10.0 Å². The zero-order valence-corrected chi connectivity index (χ0v) is 15.2. The molecular formula is C17H22N4O4S. The van der Waals surface area contributed by atoms with Crippen molar-refractivity contribution < 1.29 is 17.7 Å². The first-order valence-corrected chi connectivity index (χ1v) is 10.0. The van der Waals surface area contributed by atoms with Gasteiger partial charge in [0.05, 0.1) is 5.69 Å². The van der Waals surface area contributed by atoms with Crippen molar-refractivity contribution in [3.05, 3.63) is 47.9 Å². The lowest BCUT2D eigenvalue weighted by Crippen LogP contribution is -2.50. The highest BCUT2D eigenvalue weighted by Gasteiger charge is 2.29. The van der Waals surface area contributed by atoms with E-state index in [1.165, 1.54) is 16.6 Å². The van der Waals surface area contributed by atoms with Gasteiger partial charge in [0.1, 0.15) is 12.0 Å². The lowest BCUT2D eigenvalue weighted by molar-refractivity contribution is -0.132. The third-order valence-electron chi connectivity index (χ3n) is 4.47. The summed E-state index contributed by atoms with van der Waals surface area (Å²) in [5.74, 6) is -0.174. The van der Waals surface area contributed by atoms with Gasteiger partial charge in [-0.1, -0.05) is 23.4 Å². The SMILES string of the molecule is Nc1ccccc1CCC(=O)N1CCN(S(=O)(=O)Cc2ccon2)CC1. The van der Waals surface area contributed by atoms with Gasteiger partial charge in [-0.3, -0.25) is 4.79 Å². The number of hydrogen-bond acceptors (Lipinski definition) is 6. The summed E-state index contributed by atoms with van der Waals surface area (Å²) >= 11 is 0. The second kappa shape index (κ2) is 7.88. The van der Waals surface area contributed by atoms with Crippen LogP contribution < -0.4 is 5.73 Å². The van der Waals surface area contributed by atoms with Gasteiger partial charge in [0.15, 0.2) is 0 Å².